The summed E-state index contributed by atoms with van der Waals surface area (Å²) in [6.45, 7) is 4.57. The molecule has 4 heteroatoms. The third-order valence-electron chi connectivity index (χ3n) is 10.7. The highest BCUT2D eigenvalue weighted by molar-refractivity contribution is 6.73. The third kappa shape index (κ3) is 4.05. The maximum Gasteiger partial charge on any atom is 0.197 e. The summed E-state index contributed by atoms with van der Waals surface area (Å²) in [6.07, 6.45) is 0. The summed E-state index contributed by atoms with van der Waals surface area (Å²) in [5.74, 6) is 2.00. The van der Waals surface area contributed by atoms with Gasteiger partial charge in [-0.05, 0) is 75.1 Å². The number of ether oxygens (including phenoxy) is 1. The molecular formula is C46H34BN2O. The highest BCUT2D eigenvalue weighted by atomic mass is 16.5. The van der Waals surface area contributed by atoms with Crippen molar-refractivity contribution >= 4 is 46.6 Å². The standard InChI is InChI=1S/C46H34BN2O/c1-29(2)30-27-34(33-19-13-26-42-44(33)48-38-23-10-12-25-41(38)50-42)43-40(28-30)49-39-24-11-9-20-35(39)46(31-15-5-3-6-16-31,32-17-7-4-8-18-32)36-21-14-22-37(47-43)45(36)49/h3-29,48H,1-2H3. The zero-order valence-corrected chi connectivity index (χ0v) is 28.0. The van der Waals surface area contributed by atoms with Gasteiger partial charge in [-0.3, -0.25) is 0 Å². The van der Waals surface area contributed by atoms with E-state index in [2.05, 4.69) is 171 Å². The highest BCUT2D eigenvalue weighted by Crippen LogP contribution is 2.58. The second-order valence-electron chi connectivity index (χ2n) is 13.8. The Morgan fingerprint density at radius 3 is 2.04 bits per heavy atom. The lowest BCUT2D eigenvalue weighted by Gasteiger charge is -2.49. The molecule has 1 N–H and O–H groups in total. The molecule has 0 bridgehead atoms. The smallest absolute Gasteiger partial charge is 0.197 e. The molecule has 0 fully saturated rings. The van der Waals surface area contributed by atoms with Crippen LogP contribution in [0.3, 0.4) is 0 Å². The molecule has 3 aliphatic rings. The fraction of sp³-hybridized carbons (Fsp3) is 0.0870. The van der Waals surface area contributed by atoms with Gasteiger partial charge >= 0.3 is 0 Å². The zero-order chi connectivity index (χ0) is 33.4. The lowest BCUT2D eigenvalue weighted by molar-refractivity contribution is 0.481. The van der Waals surface area contributed by atoms with E-state index < -0.39 is 5.41 Å². The minimum atomic E-state index is -0.502. The summed E-state index contributed by atoms with van der Waals surface area (Å²) < 4.78 is 6.46. The molecule has 0 atom stereocenters. The largest absolute Gasteiger partial charge is 0.453 e. The van der Waals surface area contributed by atoms with Crippen LogP contribution in [-0.2, 0) is 5.41 Å². The zero-order valence-electron chi connectivity index (χ0n) is 28.0. The Morgan fingerprint density at radius 2 is 1.26 bits per heavy atom. The van der Waals surface area contributed by atoms with Crippen LogP contribution in [0.25, 0.3) is 11.1 Å². The molecule has 0 saturated heterocycles. The Morgan fingerprint density at radius 1 is 0.600 bits per heavy atom. The summed E-state index contributed by atoms with van der Waals surface area (Å²) in [4.78, 5) is 2.55. The lowest BCUT2D eigenvalue weighted by Crippen LogP contribution is -2.47. The van der Waals surface area contributed by atoms with Crippen LogP contribution < -0.4 is 25.9 Å². The predicted molar refractivity (Wildman–Crippen MR) is 207 cm³/mol. The SMILES string of the molecule is CC(C)c1cc(-c2cccc3c2Nc2ccccc2O3)c2c(c1)N1c3ccccc3C(c3ccccc3)(c3ccccc3)c3cccc(c31)[B]2. The van der Waals surface area contributed by atoms with Gasteiger partial charge in [0.25, 0.3) is 0 Å². The van der Waals surface area contributed by atoms with Crippen molar-refractivity contribution in [2.45, 2.75) is 25.2 Å². The van der Waals surface area contributed by atoms with Gasteiger partial charge in [0.05, 0.1) is 22.5 Å². The Balaban J connectivity index is 1.26. The average Bonchev–Trinajstić information content (AvgIpc) is 3.17. The highest BCUT2D eigenvalue weighted by Gasteiger charge is 2.48. The molecule has 10 rings (SSSR count). The first-order valence-corrected chi connectivity index (χ1v) is 17.5. The summed E-state index contributed by atoms with van der Waals surface area (Å²) in [5, 5.41) is 3.74. The first-order valence-electron chi connectivity index (χ1n) is 17.5. The van der Waals surface area contributed by atoms with E-state index in [1.807, 2.05) is 18.2 Å². The van der Waals surface area contributed by atoms with Gasteiger partial charge in [0.15, 0.2) is 18.8 Å². The van der Waals surface area contributed by atoms with Crippen LogP contribution in [0.2, 0.25) is 0 Å². The number of benzene rings is 7. The molecular weight excluding hydrogens is 607 g/mol. The summed E-state index contributed by atoms with van der Waals surface area (Å²) in [5.41, 5.74) is 16.2. The van der Waals surface area contributed by atoms with Gasteiger partial charge in [-0.1, -0.05) is 147 Å². The average molecular weight is 642 g/mol. The second kappa shape index (κ2) is 11.0. The Labute approximate surface area is 294 Å². The number of rotatable bonds is 4. The molecule has 0 spiro atoms. The van der Waals surface area contributed by atoms with E-state index >= 15 is 0 Å². The molecule has 1 radical (unpaired) electrons. The Kier molecular flexibility index (Phi) is 6.38. The van der Waals surface area contributed by atoms with Crippen LogP contribution >= 0.6 is 0 Å². The fourth-order valence-corrected chi connectivity index (χ4v) is 8.49. The van der Waals surface area contributed by atoms with Gasteiger partial charge in [-0.25, -0.2) is 0 Å². The van der Waals surface area contributed by atoms with E-state index in [4.69, 9.17) is 4.74 Å². The molecule has 0 amide bonds. The first-order chi connectivity index (χ1) is 24.6. The van der Waals surface area contributed by atoms with Gasteiger partial charge in [0, 0.05) is 16.9 Å². The van der Waals surface area contributed by atoms with E-state index in [1.54, 1.807) is 0 Å². The van der Waals surface area contributed by atoms with Gasteiger partial charge in [0.2, 0.25) is 0 Å². The minimum absolute atomic E-state index is 0.327. The van der Waals surface area contributed by atoms with Gasteiger partial charge in [-0.15, -0.1) is 0 Å². The minimum Gasteiger partial charge on any atom is -0.453 e. The van der Waals surface area contributed by atoms with Crippen molar-refractivity contribution in [3.05, 3.63) is 186 Å². The number of hydrogen-bond donors (Lipinski definition) is 1. The summed E-state index contributed by atoms with van der Waals surface area (Å²) in [7, 11) is 2.41. The van der Waals surface area contributed by atoms with Crippen LogP contribution in [0.5, 0.6) is 11.5 Å². The number of para-hydroxylation sites is 5. The van der Waals surface area contributed by atoms with Crippen molar-refractivity contribution < 1.29 is 4.74 Å². The predicted octanol–water partition coefficient (Wildman–Crippen LogP) is 10.5. The van der Waals surface area contributed by atoms with Crippen LogP contribution in [0.4, 0.5) is 28.4 Å². The molecule has 0 aliphatic carbocycles. The molecule has 7 aromatic rings. The van der Waals surface area contributed by atoms with E-state index in [0.717, 1.165) is 28.4 Å². The van der Waals surface area contributed by atoms with Crippen molar-refractivity contribution in [1.29, 1.82) is 0 Å². The van der Waals surface area contributed by atoms with E-state index in [9.17, 15) is 0 Å². The molecule has 3 heterocycles. The fourth-order valence-electron chi connectivity index (χ4n) is 8.49. The number of hydrogen-bond acceptors (Lipinski definition) is 3. The Bertz CT molecular complexity index is 2410. The molecule has 50 heavy (non-hydrogen) atoms. The number of nitrogens with zero attached hydrogens (tertiary/aromatic N) is 1. The van der Waals surface area contributed by atoms with Crippen molar-refractivity contribution in [3.8, 4) is 22.6 Å². The molecule has 237 valence electrons. The normalized spacial score (nSPS) is 14.2. The monoisotopic (exact) mass is 641 g/mol. The first kappa shape index (κ1) is 29.0. The van der Waals surface area contributed by atoms with Crippen molar-refractivity contribution in [3.63, 3.8) is 0 Å². The van der Waals surface area contributed by atoms with E-state index in [0.29, 0.717) is 5.92 Å². The summed E-state index contributed by atoms with van der Waals surface area (Å²) >= 11 is 0. The maximum atomic E-state index is 6.46. The van der Waals surface area contributed by atoms with Crippen LogP contribution in [0.1, 0.15) is 47.6 Å². The molecule has 7 aromatic carbocycles. The molecule has 3 aliphatic heterocycles. The number of anilines is 5. The lowest BCUT2D eigenvalue weighted by atomic mass is 9.54. The second-order valence-corrected chi connectivity index (χ2v) is 13.8. The molecule has 0 saturated carbocycles. The van der Waals surface area contributed by atoms with Crippen LogP contribution in [0.15, 0.2) is 158 Å². The van der Waals surface area contributed by atoms with Gasteiger partial charge < -0.3 is 15.0 Å². The molecule has 0 aromatic heterocycles. The van der Waals surface area contributed by atoms with Crippen LogP contribution in [-0.4, -0.2) is 7.28 Å². The van der Waals surface area contributed by atoms with E-state index in [-0.39, 0.29) is 0 Å². The molecule has 3 nitrogen and oxygen atoms in total. The maximum absolute atomic E-state index is 6.46. The van der Waals surface area contributed by atoms with Crippen molar-refractivity contribution in [2.75, 3.05) is 10.2 Å². The molecule has 0 unspecified atom stereocenters. The third-order valence-corrected chi connectivity index (χ3v) is 10.7. The Hall–Kier alpha value is -6.00. The summed E-state index contributed by atoms with van der Waals surface area (Å²) in [6, 6.07) is 57.3. The van der Waals surface area contributed by atoms with Gasteiger partial charge in [0.1, 0.15) is 0 Å². The van der Waals surface area contributed by atoms with E-state index in [1.165, 1.54) is 61.4 Å². The quantitative estimate of drug-likeness (QED) is 0.194. The van der Waals surface area contributed by atoms with Crippen LogP contribution in [0, 0.1) is 0 Å². The van der Waals surface area contributed by atoms with Crippen molar-refractivity contribution in [1.82, 2.24) is 0 Å². The number of fused-ring (bicyclic) bond motifs is 6. The van der Waals surface area contributed by atoms with Crippen molar-refractivity contribution in [2.24, 2.45) is 0 Å². The van der Waals surface area contributed by atoms with Gasteiger partial charge in [-0.2, -0.15) is 0 Å². The number of nitrogens with one attached hydrogen (secondary N) is 1. The topological polar surface area (TPSA) is 24.5 Å².